The summed E-state index contributed by atoms with van der Waals surface area (Å²) in [6.07, 6.45) is 3.71. The lowest BCUT2D eigenvalue weighted by atomic mass is 10.1. The molecule has 2 aliphatic heterocycles. The Hall–Kier alpha value is -3.88. The number of hydrogen-bond acceptors (Lipinski definition) is 8. The van der Waals surface area contributed by atoms with E-state index in [1.54, 1.807) is 30.5 Å². The average Bonchev–Trinajstić information content (AvgIpc) is 3.04. The first kappa shape index (κ1) is 19.1. The number of aromatic nitrogens is 3. The van der Waals surface area contributed by atoms with Gasteiger partial charge in [0, 0.05) is 30.7 Å². The summed E-state index contributed by atoms with van der Waals surface area (Å²) in [6.45, 7) is 1.51. The van der Waals surface area contributed by atoms with Crippen molar-refractivity contribution in [1.29, 1.82) is 0 Å². The number of rotatable bonds is 4. The van der Waals surface area contributed by atoms with Gasteiger partial charge in [-0.1, -0.05) is 12.1 Å². The van der Waals surface area contributed by atoms with E-state index in [0.29, 0.717) is 17.1 Å². The molecule has 158 valence electrons. The third-order valence-electron chi connectivity index (χ3n) is 6.07. The van der Waals surface area contributed by atoms with Crippen molar-refractivity contribution in [3.63, 3.8) is 0 Å². The van der Waals surface area contributed by atoms with E-state index in [2.05, 4.69) is 25.0 Å². The first-order valence-corrected chi connectivity index (χ1v) is 10.2. The maximum Gasteiger partial charge on any atom is 0.354 e. The van der Waals surface area contributed by atoms with E-state index in [1.165, 1.54) is 0 Å². The van der Waals surface area contributed by atoms with Crippen LogP contribution in [0.4, 0.5) is 17.2 Å². The average molecular weight is 418 g/mol. The molecule has 2 saturated heterocycles. The van der Waals surface area contributed by atoms with Gasteiger partial charge < -0.3 is 25.7 Å². The number of nitrogens with two attached hydrogens (primary N) is 1. The summed E-state index contributed by atoms with van der Waals surface area (Å²) in [5, 5.41) is 27.6. The van der Waals surface area contributed by atoms with Gasteiger partial charge in [-0.2, -0.15) is 0 Å². The van der Waals surface area contributed by atoms with Crippen molar-refractivity contribution in [2.75, 3.05) is 28.6 Å². The molecule has 0 aliphatic carbocycles. The number of para-hydroxylation sites is 1. The molecule has 9 heteroatoms. The van der Waals surface area contributed by atoms with Crippen molar-refractivity contribution in [2.45, 2.75) is 24.9 Å². The molecule has 3 aromatic rings. The third-order valence-corrected chi connectivity index (χ3v) is 6.07. The molecule has 2 aliphatic rings. The van der Waals surface area contributed by atoms with Crippen LogP contribution in [0.3, 0.4) is 0 Å². The molecule has 4 N–H and O–H groups in total. The fourth-order valence-electron chi connectivity index (χ4n) is 4.65. The number of aromatic hydroxyl groups is 1. The van der Waals surface area contributed by atoms with Crippen molar-refractivity contribution in [1.82, 2.24) is 15.2 Å². The fraction of sp³-hybridized carbons (Fsp3) is 0.273. The highest BCUT2D eigenvalue weighted by molar-refractivity contribution is 5.85. The molecule has 1 aromatic carbocycles. The number of carboxylic acids is 1. The molecule has 4 heterocycles. The monoisotopic (exact) mass is 418 g/mol. The SMILES string of the molecule is Nc1nnc(-c2ccccc2O)cc1N1CC2CCC(C1)N2c1ccc(C(=O)O)nc1. The predicted molar refractivity (Wildman–Crippen MR) is 116 cm³/mol. The van der Waals surface area contributed by atoms with Crippen LogP contribution in [0.5, 0.6) is 5.75 Å². The molecular formula is C22H22N6O3. The number of benzene rings is 1. The van der Waals surface area contributed by atoms with Crippen LogP contribution in [0.2, 0.25) is 0 Å². The standard InChI is InChI=1S/C22H22N6O3/c23-21-19(9-18(25-26-21)16-3-1-2-4-20(16)29)27-11-14-5-6-15(12-27)28(14)13-7-8-17(22(30)31)24-10-13/h1-4,7-10,14-15,29H,5-6,11-12H2,(H2,23,26)(H,30,31). The Morgan fingerprint density at radius 1 is 1.06 bits per heavy atom. The van der Waals surface area contributed by atoms with E-state index in [1.807, 2.05) is 18.2 Å². The molecule has 2 atom stereocenters. The van der Waals surface area contributed by atoms with E-state index in [9.17, 15) is 9.90 Å². The van der Waals surface area contributed by atoms with Crippen LogP contribution >= 0.6 is 0 Å². The summed E-state index contributed by atoms with van der Waals surface area (Å²) in [7, 11) is 0. The van der Waals surface area contributed by atoms with Crippen LogP contribution in [0, 0.1) is 0 Å². The van der Waals surface area contributed by atoms with Gasteiger partial charge in [0.2, 0.25) is 0 Å². The Kier molecular flexibility index (Phi) is 4.58. The molecule has 0 spiro atoms. The molecule has 0 amide bonds. The third kappa shape index (κ3) is 3.37. The number of aromatic carboxylic acids is 1. The lowest BCUT2D eigenvalue weighted by Gasteiger charge is -2.43. The Morgan fingerprint density at radius 3 is 2.45 bits per heavy atom. The maximum absolute atomic E-state index is 11.1. The number of carboxylic acid groups (broad SMARTS) is 1. The van der Waals surface area contributed by atoms with Gasteiger partial charge in [0.05, 0.1) is 23.3 Å². The summed E-state index contributed by atoms with van der Waals surface area (Å²) in [6, 6.07) is 12.8. The second kappa shape index (κ2) is 7.42. The summed E-state index contributed by atoms with van der Waals surface area (Å²) in [5.74, 6) is -0.519. The minimum absolute atomic E-state index is 0.0436. The molecular weight excluding hydrogens is 396 g/mol. The quantitative estimate of drug-likeness (QED) is 0.585. The number of piperazine rings is 1. The minimum Gasteiger partial charge on any atom is -0.507 e. The summed E-state index contributed by atoms with van der Waals surface area (Å²) in [5.41, 5.74) is 9.16. The highest BCUT2D eigenvalue weighted by Gasteiger charge is 2.40. The molecule has 0 radical (unpaired) electrons. The van der Waals surface area contributed by atoms with Gasteiger partial charge in [0.25, 0.3) is 0 Å². The smallest absolute Gasteiger partial charge is 0.354 e. The second-order valence-electron chi connectivity index (χ2n) is 7.92. The number of nitrogen functional groups attached to an aromatic ring is 1. The van der Waals surface area contributed by atoms with Crippen LogP contribution < -0.4 is 15.5 Å². The van der Waals surface area contributed by atoms with Gasteiger partial charge in [-0.25, -0.2) is 9.78 Å². The summed E-state index contributed by atoms with van der Waals surface area (Å²) >= 11 is 0. The van der Waals surface area contributed by atoms with Crippen molar-refractivity contribution in [3.8, 4) is 17.0 Å². The Bertz CT molecular complexity index is 1120. The Labute approximate surface area is 178 Å². The molecule has 2 unspecified atom stereocenters. The van der Waals surface area contributed by atoms with E-state index in [-0.39, 0.29) is 23.5 Å². The van der Waals surface area contributed by atoms with E-state index < -0.39 is 5.97 Å². The van der Waals surface area contributed by atoms with Gasteiger partial charge in [0.1, 0.15) is 11.4 Å². The van der Waals surface area contributed by atoms with Crippen molar-refractivity contribution >= 4 is 23.2 Å². The number of phenols is 1. The van der Waals surface area contributed by atoms with Crippen LogP contribution in [-0.2, 0) is 0 Å². The van der Waals surface area contributed by atoms with Crippen LogP contribution in [0.15, 0.2) is 48.7 Å². The molecule has 2 aromatic heterocycles. The number of nitrogens with zero attached hydrogens (tertiary/aromatic N) is 5. The second-order valence-corrected chi connectivity index (χ2v) is 7.92. The zero-order valence-electron chi connectivity index (χ0n) is 16.7. The zero-order chi connectivity index (χ0) is 21.5. The number of pyridine rings is 1. The van der Waals surface area contributed by atoms with Crippen LogP contribution in [0.25, 0.3) is 11.3 Å². The Balaban J connectivity index is 1.41. The highest BCUT2D eigenvalue weighted by Crippen LogP contribution is 2.38. The molecule has 2 bridgehead atoms. The molecule has 0 saturated carbocycles. The fourth-order valence-corrected chi connectivity index (χ4v) is 4.65. The lowest BCUT2D eigenvalue weighted by molar-refractivity contribution is 0.0690. The van der Waals surface area contributed by atoms with Crippen molar-refractivity contribution in [3.05, 3.63) is 54.4 Å². The van der Waals surface area contributed by atoms with Crippen molar-refractivity contribution < 1.29 is 15.0 Å². The minimum atomic E-state index is -1.03. The number of hydrogen-bond donors (Lipinski definition) is 3. The van der Waals surface area contributed by atoms with Gasteiger partial charge in [-0.3, -0.25) is 0 Å². The van der Waals surface area contributed by atoms with Crippen LogP contribution in [0.1, 0.15) is 23.3 Å². The van der Waals surface area contributed by atoms with Gasteiger partial charge >= 0.3 is 5.97 Å². The largest absolute Gasteiger partial charge is 0.507 e. The topological polar surface area (TPSA) is 129 Å². The van der Waals surface area contributed by atoms with Crippen molar-refractivity contribution in [2.24, 2.45) is 0 Å². The Morgan fingerprint density at radius 2 is 1.81 bits per heavy atom. The number of anilines is 3. The normalized spacial score (nSPS) is 20.1. The molecule has 9 nitrogen and oxygen atoms in total. The lowest BCUT2D eigenvalue weighted by Crippen LogP contribution is -2.54. The van der Waals surface area contributed by atoms with E-state index in [0.717, 1.165) is 37.3 Å². The maximum atomic E-state index is 11.1. The van der Waals surface area contributed by atoms with Gasteiger partial charge in [-0.05, 0) is 43.2 Å². The number of fused-ring (bicyclic) bond motifs is 2. The van der Waals surface area contributed by atoms with Gasteiger partial charge in [0.15, 0.2) is 5.82 Å². The molecule has 31 heavy (non-hydrogen) atoms. The number of carbonyl (C=O) groups is 1. The van der Waals surface area contributed by atoms with E-state index >= 15 is 0 Å². The predicted octanol–water partition coefficient (Wildman–Crippen LogP) is 2.38. The number of phenolic OH excluding ortho intramolecular Hbond substituents is 1. The van der Waals surface area contributed by atoms with E-state index in [4.69, 9.17) is 10.8 Å². The highest BCUT2D eigenvalue weighted by atomic mass is 16.4. The summed E-state index contributed by atoms with van der Waals surface area (Å²) in [4.78, 5) is 19.7. The summed E-state index contributed by atoms with van der Waals surface area (Å²) < 4.78 is 0. The van der Waals surface area contributed by atoms with Gasteiger partial charge in [-0.15, -0.1) is 10.2 Å². The zero-order valence-corrected chi connectivity index (χ0v) is 16.7. The molecule has 5 rings (SSSR count). The van der Waals surface area contributed by atoms with Crippen LogP contribution in [-0.4, -0.2) is 56.5 Å². The first-order chi connectivity index (χ1) is 15.0. The first-order valence-electron chi connectivity index (χ1n) is 10.2. The molecule has 2 fully saturated rings.